The summed E-state index contributed by atoms with van der Waals surface area (Å²) >= 11 is 0. The average Bonchev–Trinajstić information content (AvgIpc) is 2.94. The molecule has 0 heterocycles. The normalized spacial score (nSPS) is 11.9. The Morgan fingerprint density at radius 3 is 2.20 bits per heavy atom. The minimum absolute atomic E-state index is 0.157. The van der Waals surface area contributed by atoms with Crippen molar-refractivity contribution in [3.05, 3.63) is 95.6 Å². The Labute approximate surface area is 238 Å². The van der Waals surface area contributed by atoms with Gasteiger partial charge in [-0.2, -0.15) is 0 Å². The number of rotatable bonds is 14. The van der Waals surface area contributed by atoms with Crippen LogP contribution in [0.4, 0.5) is 5.69 Å². The molecule has 0 aliphatic rings. The number of nitrogens with zero attached hydrogens (tertiary/aromatic N) is 2. The maximum absolute atomic E-state index is 14.1. The smallest absolute Gasteiger partial charge is 0.244 e. The standard InChI is InChI=1S/C31H39N3O5S/c1-5-6-20-32-31(36)29(21-25-13-8-7-9-14-25)33(22-26-15-11-10-12-24(26)2)30(35)23-34(40(4,37)38)27-16-18-28(39-3)19-17-27/h7-19,29H,5-6,20-23H2,1-4H3,(H,32,36). The first-order valence-corrected chi connectivity index (χ1v) is 15.3. The molecule has 1 unspecified atom stereocenters. The lowest BCUT2D eigenvalue weighted by Crippen LogP contribution is -2.53. The Kier molecular flexibility index (Phi) is 11.1. The molecular formula is C31H39N3O5S. The van der Waals surface area contributed by atoms with E-state index in [4.69, 9.17) is 4.74 Å². The van der Waals surface area contributed by atoms with Crippen molar-refractivity contribution >= 4 is 27.5 Å². The van der Waals surface area contributed by atoms with Gasteiger partial charge in [0.15, 0.2) is 0 Å². The Balaban J connectivity index is 2.03. The van der Waals surface area contributed by atoms with Gasteiger partial charge in [-0.15, -0.1) is 0 Å². The van der Waals surface area contributed by atoms with Gasteiger partial charge in [0.25, 0.3) is 0 Å². The van der Waals surface area contributed by atoms with E-state index in [0.717, 1.165) is 40.1 Å². The summed E-state index contributed by atoms with van der Waals surface area (Å²) in [6.45, 7) is 4.19. The molecule has 40 heavy (non-hydrogen) atoms. The summed E-state index contributed by atoms with van der Waals surface area (Å²) in [7, 11) is -2.30. The van der Waals surface area contributed by atoms with E-state index in [2.05, 4.69) is 5.32 Å². The van der Waals surface area contributed by atoms with E-state index in [1.165, 1.54) is 12.0 Å². The second kappa shape index (κ2) is 14.5. The molecule has 0 fully saturated rings. The number of sulfonamides is 1. The van der Waals surface area contributed by atoms with Gasteiger partial charge in [-0.05, 0) is 54.3 Å². The minimum atomic E-state index is -3.83. The van der Waals surface area contributed by atoms with E-state index in [1.54, 1.807) is 24.3 Å². The lowest BCUT2D eigenvalue weighted by molar-refractivity contribution is -0.140. The van der Waals surface area contributed by atoms with Crippen molar-refractivity contribution in [1.82, 2.24) is 10.2 Å². The second-order valence-corrected chi connectivity index (χ2v) is 11.7. The van der Waals surface area contributed by atoms with Gasteiger partial charge in [0.05, 0.1) is 19.1 Å². The van der Waals surface area contributed by atoms with Crippen molar-refractivity contribution < 1.29 is 22.7 Å². The molecule has 0 radical (unpaired) electrons. The number of ether oxygens (including phenoxy) is 1. The van der Waals surface area contributed by atoms with Crippen LogP contribution in [0.25, 0.3) is 0 Å². The van der Waals surface area contributed by atoms with Crippen molar-refractivity contribution in [3.63, 3.8) is 0 Å². The number of methoxy groups -OCH3 is 1. The highest BCUT2D eigenvalue weighted by Gasteiger charge is 2.33. The number of carbonyl (C=O) groups excluding carboxylic acids is 2. The predicted molar refractivity (Wildman–Crippen MR) is 159 cm³/mol. The van der Waals surface area contributed by atoms with Crippen LogP contribution in [-0.2, 0) is 32.6 Å². The molecule has 1 N–H and O–H groups in total. The van der Waals surface area contributed by atoms with Gasteiger partial charge in [-0.3, -0.25) is 13.9 Å². The van der Waals surface area contributed by atoms with Crippen LogP contribution in [0.5, 0.6) is 5.75 Å². The number of hydrogen-bond donors (Lipinski definition) is 1. The molecule has 3 rings (SSSR count). The highest BCUT2D eigenvalue weighted by molar-refractivity contribution is 7.92. The molecule has 0 aliphatic heterocycles. The fourth-order valence-electron chi connectivity index (χ4n) is 4.39. The first kappa shape index (κ1) is 30.7. The lowest BCUT2D eigenvalue weighted by atomic mass is 10.0. The van der Waals surface area contributed by atoms with Crippen molar-refractivity contribution in [2.45, 2.75) is 45.7 Å². The Bertz CT molecular complexity index is 1360. The summed E-state index contributed by atoms with van der Waals surface area (Å²) in [4.78, 5) is 29.2. The zero-order chi connectivity index (χ0) is 29.1. The van der Waals surface area contributed by atoms with Gasteiger partial charge >= 0.3 is 0 Å². The van der Waals surface area contributed by atoms with Gasteiger partial charge in [-0.1, -0.05) is 67.9 Å². The molecule has 0 aliphatic carbocycles. The largest absolute Gasteiger partial charge is 0.497 e. The summed E-state index contributed by atoms with van der Waals surface area (Å²) in [6.07, 6.45) is 3.09. The van der Waals surface area contributed by atoms with E-state index in [-0.39, 0.29) is 18.9 Å². The topological polar surface area (TPSA) is 96.0 Å². The zero-order valence-electron chi connectivity index (χ0n) is 23.7. The molecule has 0 bridgehead atoms. The van der Waals surface area contributed by atoms with Crippen LogP contribution in [0.2, 0.25) is 0 Å². The lowest BCUT2D eigenvalue weighted by Gasteiger charge is -2.34. The van der Waals surface area contributed by atoms with E-state index in [0.29, 0.717) is 18.0 Å². The minimum Gasteiger partial charge on any atom is -0.497 e. The Morgan fingerprint density at radius 2 is 1.60 bits per heavy atom. The first-order chi connectivity index (χ1) is 19.1. The number of unbranched alkanes of at least 4 members (excludes halogenated alkanes) is 1. The molecule has 214 valence electrons. The quantitative estimate of drug-likeness (QED) is 0.294. The monoisotopic (exact) mass is 565 g/mol. The SMILES string of the molecule is CCCCNC(=O)C(Cc1ccccc1)N(Cc1ccccc1C)C(=O)CN(c1ccc(OC)cc1)S(C)(=O)=O. The second-order valence-electron chi connectivity index (χ2n) is 9.77. The van der Waals surface area contributed by atoms with E-state index in [9.17, 15) is 18.0 Å². The van der Waals surface area contributed by atoms with Crippen LogP contribution in [0.1, 0.15) is 36.5 Å². The molecule has 3 aromatic carbocycles. The first-order valence-electron chi connectivity index (χ1n) is 13.4. The third-order valence-corrected chi connectivity index (χ3v) is 7.88. The summed E-state index contributed by atoms with van der Waals surface area (Å²) in [6, 6.07) is 22.8. The Hall–Kier alpha value is -3.85. The highest BCUT2D eigenvalue weighted by atomic mass is 32.2. The van der Waals surface area contributed by atoms with Crippen LogP contribution < -0.4 is 14.4 Å². The summed E-state index contributed by atoms with van der Waals surface area (Å²) in [5.41, 5.74) is 3.08. The molecule has 9 heteroatoms. The third-order valence-electron chi connectivity index (χ3n) is 6.74. The van der Waals surface area contributed by atoms with E-state index in [1.807, 2.05) is 68.4 Å². The van der Waals surface area contributed by atoms with Crippen LogP contribution in [0.3, 0.4) is 0 Å². The third kappa shape index (κ3) is 8.58. The number of nitrogens with one attached hydrogen (secondary N) is 1. The van der Waals surface area contributed by atoms with Gasteiger partial charge in [-0.25, -0.2) is 8.42 Å². The van der Waals surface area contributed by atoms with Crippen molar-refractivity contribution in [2.24, 2.45) is 0 Å². The number of hydrogen-bond acceptors (Lipinski definition) is 5. The number of carbonyl (C=O) groups is 2. The highest BCUT2D eigenvalue weighted by Crippen LogP contribution is 2.23. The van der Waals surface area contributed by atoms with Crippen molar-refractivity contribution in [3.8, 4) is 5.75 Å². The van der Waals surface area contributed by atoms with E-state index < -0.39 is 28.5 Å². The molecule has 8 nitrogen and oxygen atoms in total. The van der Waals surface area contributed by atoms with Crippen LogP contribution in [0, 0.1) is 6.92 Å². The molecule has 3 aromatic rings. The summed E-state index contributed by atoms with van der Waals surface area (Å²) in [5.74, 6) is -0.179. The van der Waals surface area contributed by atoms with Gasteiger partial charge in [0.2, 0.25) is 21.8 Å². The van der Waals surface area contributed by atoms with Crippen LogP contribution in [0.15, 0.2) is 78.9 Å². The molecule has 0 aromatic heterocycles. The molecule has 0 saturated carbocycles. The van der Waals surface area contributed by atoms with Gasteiger partial charge in [0, 0.05) is 19.5 Å². The Morgan fingerprint density at radius 1 is 0.950 bits per heavy atom. The van der Waals surface area contributed by atoms with Gasteiger partial charge < -0.3 is 15.0 Å². The number of benzene rings is 3. The maximum atomic E-state index is 14.1. The van der Waals surface area contributed by atoms with Crippen LogP contribution >= 0.6 is 0 Å². The average molecular weight is 566 g/mol. The predicted octanol–water partition coefficient (Wildman–Crippen LogP) is 4.33. The van der Waals surface area contributed by atoms with Crippen molar-refractivity contribution in [1.29, 1.82) is 0 Å². The number of anilines is 1. The molecular weight excluding hydrogens is 526 g/mol. The van der Waals surface area contributed by atoms with E-state index >= 15 is 0 Å². The molecule has 1 atom stereocenters. The van der Waals surface area contributed by atoms with Gasteiger partial charge in [0.1, 0.15) is 18.3 Å². The summed E-state index contributed by atoms with van der Waals surface area (Å²) in [5, 5.41) is 2.99. The van der Waals surface area contributed by atoms with Crippen molar-refractivity contribution in [2.75, 3.05) is 30.8 Å². The fourth-order valence-corrected chi connectivity index (χ4v) is 5.24. The molecule has 0 saturated heterocycles. The molecule has 2 amide bonds. The zero-order valence-corrected chi connectivity index (χ0v) is 24.5. The molecule has 0 spiro atoms. The van der Waals surface area contributed by atoms with Crippen LogP contribution in [-0.4, -0.2) is 57.6 Å². The number of aryl methyl sites for hydroxylation is 1. The fraction of sp³-hybridized carbons (Fsp3) is 0.355. The maximum Gasteiger partial charge on any atom is 0.244 e. The number of amides is 2. The summed E-state index contributed by atoms with van der Waals surface area (Å²) < 4.78 is 32.0.